The molecule has 90 valence electrons. The zero-order valence-corrected chi connectivity index (χ0v) is 12.0. The first-order valence-corrected chi connectivity index (χ1v) is 8.71. The molecule has 2 rings (SSSR count). The van der Waals surface area contributed by atoms with Crippen molar-refractivity contribution < 1.29 is 8.42 Å². The maximum Gasteiger partial charge on any atom is 0.150 e. The summed E-state index contributed by atoms with van der Waals surface area (Å²) in [6.07, 6.45) is 1.49. The molecule has 1 aromatic heterocycles. The monoisotopic (exact) mass is 323 g/mol. The number of rotatable bonds is 3. The van der Waals surface area contributed by atoms with Gasteiger partial charge in [-0.05, 0) is 34.8 Å². The molecule has 0 amide bonds. The molecule has 1 aromatic rings. The summed E-state index contributed by atoms with van der Waals surface area (Å²) in [5.41, 5.74) is 0. The van der Waals surface area contributed by atoms with Gasteiger partial charge >= 0.3 is 0 Å². The molecule has 2 heterocycles. The summed E-state index contributed by atoms with van der Waals surface area (Å²) in [5.74, 6) is 0.664. The van der Waals surface area contributed by atoms with Crippen molar-refractivity contribution >= 4 is 37.1 Å². The number of hydrogen-bond donors (Lipinski definition) is 1. The number of hydrogen-bond acceptors (Lipinski definition) is 4. The van der Waals surface area contributed by atoms with E-state index in [1.165, 1.54) is 4.88 Å². The van der Waals surface area contributed by atoms with Crippen LogP contribution in [0.1, 0.15) is 17.7 Å². The van der Waals surface area contributed by atoms with Gasteiger partial charge in [-0.1, -0.05) is 0 Å². The quantitative estimate of drug-likeness (QED) is 0.927. The van der Waals surface area contributed by atoms with Crippen molar-refractivity contribution in [3.8, 4) is 0 Å². The van der Waals surface area contributed by atoms with Crippen molar-refractivity contribution in [3.05, 3.63) is 20.8 Å². The van der Waals surface area contributed by atoms with Crippen LogP contribution < -0.4 is 5.32 Å². The second kappa shape index (κ2) is 5.16. The molecule has 1 fully saturated rings. The molecule has 0 saturated carbocycles. The van der Waals surface area contributed by atoms with Gasteiger partial charge in [0.1, 0.15) is 9.84 Å². The number of nitrogens with one attached hydrogen (secondary N) is 1. The Balaban J connectivity index is 1.80. The van der Waals surface area contributed by atoms with E-state index in [4.69, 9.17) is 0 Å². The lowest BCUT2D eigenvalue weighted by Gasteiger charge is -2.22. The molecule has 0 radical (unpaired) electrons. The second-order valence-electron chi connectivity index (χ2n) is 4.04. The van der Waals surface area contributed by atoms with Gasteiger partial charge in [-0.15, -0.1) is 11.3 Å². The second-order valence-corrected chi connectivity index (χ2v) is 8.25. The summed E-state index contributed by atoms with van der Waals surface area (Å²) in [7, 11) is -2.74. The average Bonchev–Trinajstić information content (AvgIpc) is 2.63. The van der Waals surface area contributed by atoms with E-state index in [1.807, 2.05) is 0 Å². The predicted molar refractivity (Wildman–Crippen MR) is 70.5 cm³/mol. The van der Waals surface area contributed by atoms with E-state index < -0.39 is 9.84 Å². The summed E-state index contributed by atoms with van der Waals surface area (Å²) in [5, 5.41) is 5.47. The van der Waals surface area contributed by atoms with E-state index in [9.17, 15) is 8.42 Å². The van der Waals surface area contributed by atoms with Gasteiger partial charge in [0.2, 0.25) is 0 Å². The first-order chi connectivity index (χ1) is 7.55. The lowest BCUT2D eigenvalue weighted by molar-refractivity contribution is 0.465. The Hall–Kier alpha value is 0.0900. The lowest BCUT2D eigenvalue weighted by Crippen LogP contribution is -2.36. The Morgan fingerprint density at radius 2 is 2.12 bits per heavy atom. The standard InChI is InChI=1S/C10H14BrNO2S2/c11-8-5-10(15-7-8)6-12-9-1-3-16(13,14)4-2-9/h5,7,9,12H,1-4,6H2. The molecule has 6 heteroatoms. The van der Waals surface area contributed by atoms with Gasteiger partial charge in [0.25, 0.3) is 0 Å². The van der Waals surface area contributed by atoms with Gasteiger partial charge in [0.15, 0.2) is 0 Å². The maximum atomic E-state index is 11.2. The van der Waals surface area contributed by atoms with Crippen LogP contribution in [0.2, 0.25) is 0 Å². The molecular formula is C10H14BrNO2S2. The smallest absolute Gasteiger partial charge is 0.150 e. The molecule has 1 aliphatic heterocycles. The highest BCUT2D eigenvalue weighted by molar-refractivity contribution is 9.10. The lowest BCUT2D eigenvalue weighted by atomic mass is 10.1. The van der Waals surface area contributed by atoms with Gasteiger partial charge in [0, 0.05) is 27.3 Å². The molecule has 0 aromatic carbocycles. The van der Waals surface area contributed by atoms with Crippen molar-refractivity contribution in [1.82, 2.24) is 5.32 Å². The minimum absolute atomic E-state index is 0.332. The maximum absolute atomic E-state index is 11.2. The molecule has 1 saturated heterocycles. The summed E-state index contributed by atoms with van der Waals surface area (Å²) in [6, 6.07) is 2.45. The molecule has 0 bridgehead atoms. The van der Waals surface area contributed by atoms with Crippen LogP contribution in [0.25, 0.3) is 0 Å². The van der Waals surface area contributed by atoms with Gasteiger partial charge in [-0.3, -0.25) is 0 Å². The number of halogens is 1. The molecule has 0 atom stereocenters. The molecular weight excluding hydrogens is 310 g/mol. The number of sulfone groups is 1. The number of thiophene rings is 1. The normalized spacial score (nSPS) is 21.1. The summed E-state index contributed by atoms with van der Waals surface area (Å²) < 4.78 is 23.6. The summed E-state index contributed by atoms with van der Waals surface area (Å²) in [4.78, 5) is 1.28. The minimum Gasteiger partial charge on any atom is -0.309 e. The molecule has 16 heavy (non-hydrogen) atoms. The van der Waals surface area contributed by atoms with Gasteiger partial charge in [-0.25, -0.2) is 8.42 Å². The van der Waals surface area contributed by atoms with Gasteiger partial charge < -0.3 is 5.32 Å². The third-order valence-electron chi connectivity index (χ3n) is 2.74. The Morgan fingerprint density at radius 3 is 2.69 bits per heavy atom. The van der Waals surface area contributed by atoms with Crippen LogP contribution in [-0.2, 0) is 16.4 Å². The third-order valence-corrected chi connectivity index (χ3v) is 6.15. The van der Waals surface area contributed by atoms with Gasteiger partial charge in [0.05, 0.1) is 11.5 Å². The fourth-order valence-electron chi connectivity index (χ4n) is 1.79. The van der Waals surface area contributed by atoms with E-state index in [1.54, 1.807) is 11.3 Å². The molecule has 1 aliphatic rings. The van der Waals surface area contributed by atoms with Crippen molar-refractivity contribution in [2.45, 2.75) is 25.4 Å². The van der Waals surface area contributed by atoms with Crippen LogP contribution in [0, 0.1) is 0 Å². The average molecular weight is 324 g/mol. The van der Waals surface area contributed by atoms with Crippen LogP contribution in [0.15, 0.2) is 15.9 Å². The summed E-state index contributed by atoms with van der Waals surface area (Å²) in [6.45, 7) is 0.834. The Bertz CT molecular complexity index is 441. The van der Waals surface area contributed by atoms with Crippen LogP contribution in [0.3, 0.4) is 0 Å². The van der Waals surface area contributed by atoms with Gasteiger partial charge in [-0.2, -0.15) is 0 Å². The van der Waals surface area contributed by atoms with Crippen LogP contribution in [-0.4, -0.2) is 26.0 Å². The zero-order chi connectivity index (χ0) is 11.6. The molecule has 3 nitrogen and oxygen atoms in total. The summed E-state index contributed by atoms with van der Waals surface area (Å²) >= 11 is 5.13. The van der Waals surface area contributed by atoms with Crippen LogP contribution in [0.4, 0.5) is 0 Å². The fourth-order valence-corrected chi connectivity index (χ4v) is 4.68. The van der Waals surface area contributed by atoms with Crippen molar-refractivity contribution in [3.63, 3.8) is 0 Å². The molecule has 0 unspecified atom stereocenters. The molecule has 1 N–H and O–H groups in total. The van der Waals surface area contributed by atoms with E-state index in [0.717, 1.165) is 23.9 Å². The third kappa shape index (κ3) is 3.55. The zero-order valence-electron chi connectivity index (χ0n) is 8.78. The van der Waals surface area contributed by atoms with Crippen molar-refractivity contribution in [2.24, 2.45) is 0 Å². The molecule has 0 spiro atoms. The Morgan fingerprint density at radius 1 is 1.44 bits per heavy atom. The van der Waals surface area contributed by atoms with Crippen LogP contribution >= 0.6 is 27.3 Å². The topological polar surface area (TPSA) is 46.2 Å². The van der Waals surface area contributed by atoms with Crippen molar-refractivity contribution in [1.29, 1.82) is 0 Å². The van der Waals surface area contributed by atoms with E-state index in [0.29, 0.717) is 17.5 Å². The Labute approximate surface area is 108 Å². The fraction of sp³-hybridized carbons (Fsp3) is 0.600. The van der Waals surface area contributed by atoms with E-state index >= 15 is 0 Å². The van der Waals surface area contributed by atoms with E-state index in [2.05, 4.69) is 32.7 Å². The highest BCUT2D eigenvalue weighted by Crippen LogP contribution is 2.20. The predicted octanol–water partition coefficient (Wildman–Crippen LogP) is 2.18. The Kier molecular flexibility index (Phi) is 4.05. The minimum atomic E-state index is -2.74. The highest BCUT2D eigenvalue weighted by atomic mass is 79.9. The first-order valence-electron chi connectivity index (χ1n) is 5.22. The van der Waals surface area contributed by atoms with E-state index in [-0.39, 0.29) is 0 Å². The van der Waals surface area contributed by atoms with Crippen LogP contribution in [0.5, 0.6) is 0 Å². The highest BCUT2D eigenvalue weighted by Gasteiger charge is 2.22. The first kappa shape index (κ1) is 12.5. The molecule has 0 aliphatic carbocycles. The largest absolute Gasteiger partial charge is 0.309 e. The van der Waals surface area contributed by atoms with Crippen molar-refractivity contribution in [2.75, 3.05) is 11.5 Å². The SMILES string of the molecule is O=S1(=O)CCC(NCc2cc(Br)cs2)CC1.